The van der Waals surface area contributed by atoms with Crippen molar-refractivity contribution in [3.8, 4) is 0 Å². The van der Waals surface area contributed by atoms with Gasteiger partial charge in [-0.05, 0) is 43.2 Å². The number of carbonyl (C=O) groups is 3. The molecule has 0 spiro atoms. The number of nitrogens with zero attached hydrogens (tertiary/aromatic N) is 5. The number of ether oxygens (including phenoxy) is 1. The molecule has 0 fully saturated rings. The van der Waals surface area contributed by atoms with E-state index in [0.717, 1.165) is 35.6 Å². The number of alkyl carbamates (subject to hydrolysis) is 1. The summed E-state index contributed by atoms with van der Waals surface area (Å²) >= 11 is 0. The van der Waals surface area contributed by atoms with Crippen molar-refractivity contribution in [3.05, 3.63) is 64.1 Å². The molecule has 0 saturated carbocycles. The number of fused-ring (bicyclic) bond motifs is 1. The molecule has 0 aliphatic carbocycles. The molecule has 0 radical (unpaired) electrons. The average molecular weight is 565 g/mol. The quantitative estimate of drug-likeness (QED) is 0.391. The number of hydrogen-bond donors (Lipinski definition) is 1. The van der Waals surface area contributed by atoms with Gasteiger partial charge in [0.25, 0.3) is 5.56 Å². The summed E-state index contributed by atoms with van der Waals surface area (Å²) in [6, 6.07) is 2.45. The van der Waals surface area contributed by atoms with Gasteiger partial charge in [0.15, 0.2) is 5.78 Å². The van der Waals surface area contributed by atoms with Crippen molar-refractivity contribution in [2.24, 2.45) is 10.4 Å². The normalized spacial score (nSPS) is 13.5. The first kappa shape index (κ1) is 31.4. The van der Waals surface area contributed by atoms with Crippen LogP contribution in [0.15, 0.2) is 46.6 Å². The van der Waals surface area contributed by atoms with Gasteiger partial charge in [-0.25, -0.2) is 14.8 Å². The first-order chi connectivity index (χ1) is 19.4. The molecule has 0 aromatic carbocycles. The number of amides is 2. The number of nitrogens with one attached hydrogen (secondary N) is 1. The number of aromatic nitrogens is 3. The van der Waals surface area contributed by atoms with E-state index in [-0.39, 0.29) is 42.1 Å². The maximum atomic E-state index is 13.3. The van der Waals surface area contributed by atoms with Gasteiger partial charge in [-0.2, -0.15) is 0 Å². The summed E-state index contributed by atoms with van der Waals surface area (Å²) < 4.78 is 6.21. The van der Waals surface area contributed by atoms with Gasteiger partial charge in [-0.15, -0.1) is 0 Å². The lowest BCUT2D eigenvalue weighted by Crippen LogP contribution is -2.42. The molecule has 0 saturated heterocycles. The Morgan fingerprint density at radius 2 is 1.98 bits per heavy atom. The molecule has 220 valence electrons. The molecule has 2 aromatic heterocycles. The van der Waals surface area contributed by atoms with Gasteiger partial charge in [0.1, 0.15) is 12.0 Å². The van der Waals surface area contributed by atoms with Crippen LogP contribution in [-0.2, 0) is 40.1 Å². The summed E-state index contributed by atoms with van der Waals surface area (Å²) in [4.78, 5) is 65.2. The Morgan fingerprint density at radius 3 is 2.66 bits per heavy atom. The molecule has 0 bridgehead atoms. The van der Waals surface area contributed by atoms with Gasteiger partial charge in [0, 0.05) is 44.4 Å². The minimum atomic E-state index is -0.881. The number of likely N-dealkylation sites (N-methyl/N-ethyl adjacent to an activating group) is 1. The fourth-order valence-corrected chi connectivity index (χ4v) is 4.34. The molecule has 2 aromatic rings. The number of rotatable bonds is 12. The molecular formula is C30H40N6O5. The van der Waals surface area contributed by atoms with Crippen LogP contribution < -0.4 is 10.9 Å². The number of methoxy groups -OCH3 is 1. The molecule has 1 aliphatic rings. The van der Waals surface area contributed by atoms with Crippen LogP contribution in [0, 0.1) is 5.41 Å². The van der Waals surface area contributed by atoms with Crippen LogP contribution >= 0.6 is 0 Å². The van der Waals surface area contributed by atoms with E-state index in [4.69, 9.17) is 4.99 Å². The van der Waals surface area contributed by atoms with E-state index < -0.39 is 12.1 Å². The van der Waals surface area contributed by atoms with Crippen molar-refractivity contribution in [2.45, 2.75) is 71.9 Å². The van der Waals surface area contributed by atoms with Crippen molar-refractivity contribution in [3.63, 3.8) is 0 Å². The topological polar surface area (TPSA) is 136 Å². The molecule has 0 unspecified atom stereocenters. The Balaban J connectivity index is 1.71. The van der Waals surface area contributed by atoms with Gasteiger partial charge in [-0.3, -0.25) is 19.4 Å². The Morgan fingerprint density at radius 1 is 1.22 bits per heavy atom. The molecule has 3 heterocycles. The second kappa shape index (κ2) is 14.0. The molecule has 11 nitrogen and oxygen atoms in total. The SMILES string of the molecule is COC(=O)N[C@@H](CC/C=C/C(=O)N(C)C)C(=O)Cc1cccn(CC2=Nc3c(CCC(C)(C)C)ncnc3C2)c1=O. The second-order valence-corrected chi connectivity index (χ2v) is 11.5. The summed E-state index contributed by atoms with van der Waals surface area (Å²) in [7, 11) is 4.50. The van der Waals surface area contributed by atoms with Crippen LogP contribution in [0.3, 0.4) is 0 Å². The zero-order chi connectivity index (χ0) is 30.2. The summed E-state index contributed by atoms with van der Waals surface area (Å²) in [5.41, 5.74) is 3.55. The number of aryl methyl sites for hydroxylation is 1. The Hall–Kier alpha value is -4.15. The highest BCUT2D eigenvalue weighted by molar-refractivity contribution is 5.93. The Kier molecular flexibility index (Phi) is 10.7. The van der Waals surface area contributed by atoms with Crippen LogP contribution in [0.25, 0.3) is 0 Å². The van der Waals surface area contributed by atoms with Crippen LogP contribution in [0.4, 0.5) is 10.5 Å². The fraction of sp³-hybridized carbons (Fsp3) is 0.500. The van der Waals surface area contributed by atoms with Gasteiger partial charge in [-0.1, -0.05) is 32.9 Å². The highest BCUT2D eigenvalue weighted by Crippen LogP contribution is 2.31. The van der Waals surface area contributed by atoms with Crippen LogP contribution in [-0.4, -0.2) is 70.2 Å². The molecule has 1 aliphatic heterocycles. The summed E-state index contributed by atoms with van der Waals surface area (Å²) in [6.45, 7) is 6.83. The van der Waals surface area contributed by atoms with Gasteiger partial charge >= 0.3 is 6.09 Å². The van der Waals surface area contributed by atoms with Gasteiger partial charge in [0.2, 0.25) is 5.91 Å². The fourth-order valence-electron chi connectivity index (χ4n) is 4.34. The van der Waals surface area contributed by atoms with E-state index in [1.807, 2.05) is 0 Å². The smallest absolute Gasteiger partial charge is 0.407 e. The number of carbonyl (C=O) groups excluding carboxylic acids is 3. The van der Waals surface area contributed by atoms with E-state index >= 15 is 0 Å². The predicted octanol–water partition coefficient (Wildman–Crippen LogP) is 3.21. The van der Waals surface area contributed by atoms with Crippen molar-refractivity contribution < 1.29 is 19.1 Å². The van der Waals surface area contributed by atoms with E-state index in [0.29, 0.717) is 18.4 Å². The highest BCUT2D eigenvalue weighted by atomic mass is 16.5. The Labute approximate surface area is 240 Å². The molecule has 1 atom stereocenters. The van der Waals surface area contributed by atoms with Crippen LogP contribution in [0.1, 0.15) is 57.0 Å². The third-order valence-corrected chi connectivity index (χ3v) is 6.73. The monoisotopic (exact) mass is 564 g/mol. The zero-order valence-electron chi connectivity index (χ0n) is 24.8. The number of pyridine rings is 1. The number of Topliss-reactive ketones (excluding diaryl/α,β-unsaturated/α-hetero) is 1. The predicted molar refractivity (Wildman–Crippen MR) is 156 cm³/mol. The number of ketones is 1. The largest absolute Gasteiger partial charge is 0.453 e. The number of allylic oxidation sites excluding steroid dienone is 1. The third-order valence-electron chi connectivity index (χ3n) is 6.73. The minimum Gasteiger partial charge on any atom is -0.453 e. The number of hydrogen-bond acceptors (Lipinski definition) is 8. The van der Waals surface area contributed by atoms with Gasteiger partial charge < -0.3 is 19.5 Å². The maximum Gasteiger partial charge on any atom is 0.407 e. The molecule has 11 heteroatoms. The molecular weight excluding hydrogens is 524 g/mol. The lowest BCUT2D eigenvalue weighted by atomic mass is 9.89. The number of aliphatic imine (C=N–C) groups is 1. The zero-order valence-corrected chi connectivity index (χ0v) is 24.8. The lowest BCUT2D eigenvalue weighted by Gasteiger charge is -2.17. The maximum absolute atomic E-state index is 13.3. The van der Waals surface area contributed by atoms with Crippen molar-refractivity contribution in [1.82, 2.24) is 24.8 Å². The van der Waals surface area contributed by atoms with Crippen molar-refractivity contribution in [2.75, 3.05) is 21.2 Å². The van der Waals surface area contributed by atoms with E-state index in [1.54, 1.807) is 44.8 Å². The van der Waals surface area contributed by atoms with Crippen LogP contribution in [0.2, 0.25) is 0 Å². The summed E-state index contributed by atoms with van der Waals surface area (Å²) in [6.07, 6.45) is 8.32. The molecule has 2 amide bonds. The van der Waals surface area contributed by atoms with Crippen LogP contribution in [0.5, 0.6) is 0 Å². The van der Waals surface area contributed by atoms with E-state index in [1.165, 1.54) is 22.7 Å². The van der Waals surface area contributed by atoms with E-state index in [2.05, 4.69) is 40.8 Å². The molecule has 1 N–H and O–H groups in total. The summed E-state index contributed by atoms with van der Waals surface area (Å²) in [5.74, 6) is -0.510. The first-order valence-corrected chi connectivity index (χ1v) is 13.7. The average Bonchev–Trinajstić information content (AvgIpc) is 3.33. The lowest BCUT2D eigenvalue weighted by molar-refractivity contribution is -0.123. The standard InChI is InChI=1S/C30H40N6O5/c1-30(2,3)14-13-23-27-24(32-19-31-23)17-21(33-27)18-36-15-9-10-20(28(36)39)16-25(37)22(34-29(40)41-6)11-7-8-12-26(38)35(4)5/h8-10,12,15,19,22H,7,11,13-14,16-18H2,1-6H3,(H,34,40)/b12-8+/t22-/m0/s1. The summed E-state index contributed by atoms with van der Waals surface area (Å²) in [5, 5.41) is 2.54. The highest BCUT2D eigenvalue weighted by Gasteiger charge is 2.24. The second-order valence-electron chi connectivity index (χ2n) is 11.5. The van der Waals surface area contributed by atoms with Crippen molar-refractivity contribution in [1.29, 1.82) is 0 Å². The minimum absolute atomic E-state index is 0.163. The van der Waals surface area contributed by atoms with Crippen molar-refractivity contribution >= 4 is 29.2 Å². The first-order valence-electron chi connectivity index (χ1n) is 13.7. The molecule has 41 heavy (non-hydrogen) atoms. The Bertz CT molecular complexity index is 1390. The molecule has 3 rings (SSSR count). The third kappa shape index (κ3) is 9.19. The van der Waals surface area contributed by atoms with E-state index in [9.17, 15) is 19.2 Å². The van der Waals surface area contributed by atoms with Gasteiger partial charge in [0.05, 0.1) is 31.1 Å².